The van der Waals surface area contributed by atoms with Crippen LogP contribution < -0.4 is 9.64 Å². The summed E-state index contributed by atoms with van der Waals surface area (Å²) in [5.41, 5.74) is 3.00. The first-order chi connectivity index (χ1) is 16.1. The van der Waals surface area contributed by atoms with Crippen molar-refractivity contribution < 1.29 is 14.6 Å². The largest absolute Gasteiger partial charge is 0.494 e. The van der Waals surface area contributed by atoms with Gasteiger partial charge in [0.15, 0.2) is 5.13 Å². The number of carboxylic acid groups (broad SMARTS) is 1. The van der Waals surface area contributed by atoms with Gasteiger partial charge in [-0.25, -0.2) is 4.98 Å². The van der Waals surface area contributed by atoms with Crippen molar-refractivity contribution in [2.75, 3.05) is 18.1 Å². The summed E-state index contributed by atoms with van der Waals surface area (Å²) in [6, 6.07) is 18.6. The van der Waals surface area contributed by atoms with Gasteiger partial charge in [-0.05, 0) is 55.5 Å². The van der Waals surface area contributed by atoms with Gasteiger partial charge in [-0.1, -0.05) is 66.1 Å². The van der Waals surface area contributed by atoms with Gasteiger partial charge in [0.2, 0.25) is 0 Å². The van der Waals surface area contributed by atoms with Crippen molar-refractivity contribution in [2.24, 2.45) is 0 Å². The highest BCUT2D eigenvalue weighted by Gasteiger charge is 2.26. The van der Waals surface area contributed by atoms with E-state index >= 15 is 0 Å². The van der Waals surface area contributed by atoms with Gasteiger partial charge in [0.05, 0.1) is 13.0 Å². The Morgan fingerprint density at radius 2 is 1.82 bits per heavy atom. The Kier molecular flexibility index (Phi) is 10.1. The van der Waals surface area contributed by atoms with Crippen LogP contribution in [0.1, 0.15) is 44.1 Å². The van der Waals surface area contributed by atoms with E-state index in [1.54, 1.807) is 0 Å². The summed E-state index contributed by atoms with van der Waals surface area (Å²) in [7, 11) is 0. The van der Waals surface area contributed by atoms with Crippen LogP contribution in [0.25, 0.3) is 11.3 Å². The van der Waals surface area contributed by atoms with Crippen molar-refractivity contribution in [3.05, 3.63) is 64.5 Å². The van der Waals surface area contributed by atoms with Crippen LogP contribution in [-0.2, 0) is 11.2 Å². The molecule has 4 rings (SSSR count). The Bertz CT molecular complexity index is 1040. The monoisotopic (exact) mass is 520 g/mol. The van der Waals surface area contributed by atoms with Gasteiger partial charge in [0.1, 0.15) is 15.8 Å². The number of aliphatic carboxylic acids is 1. The van der Waals surface area contributed by atoms with Crippen molar-refractivity contribution in [1.82, 2.24) is 4.98 Å². The predicted octanol–water partition coefficient (Wildman–Crippen LogP) is 7.12. The minimum Gasteiger partial charge on any atom is -0.494 e. The second kappa shape index (κ2) is 13.0. The quantitative estimate of drug-likeness (QED) is 0.272. The smallest absolute Gasteiger partial charge is 0.305 e. The third kappa shape index (κ3) is 7.11. The number of halogens is 2. The molecule has 0 unspecified atom stereocenters. The molecule has 1 aromatic heterocycles. The van der Waals surface area contributed by atoms with E-state index in [1.165, 1.54) is 29.7 Å². The van der Waals surface area contributed by atoms with Gasteiger partial charge < -0.3 is 14.7 Å². The molecule has 34 heavy (non-hydrogen) atoms. The van der Waals surface area contributed by atoms with Crippen LogP contribution >= 0.6 is 35.3 Å². The lowest BCUT2D eigenvalue weighted by Crippen LogP contribution is -2.35. The van der Waals surface area contributed by atoms with Gasteiger partial charge >= 0.3 is 5.97 Å². The van der Waals surface area contributed by atoms with Gasteiger partial charge in [0.25, 0.3) is 0 Å². The average Bonchev–Trinajstić information content (AvgIpc) is 3.48. The molecule has 8 heteroatoms. The number of benzene rings is 2. The van der Waals surface area contributed by atoms with Crippen molar-refractivity contribution >= 4 is 46.4 Å². The van der Waals surface area contributed by atoms with Gasteiger partial charge in [-0.2, -0.15) is 0 Å². The number of hydrogen-bond donors (Lipinski definition) is 1. The van der Waals surface area contributed by atoms with E-state index in [0.29, 0.717) is 23.5 Å². The lowest BCUT2D eigenvalue weighted by molar-refractivity contribution is -0.136. The molecular formula is C26H30Cl2N2O3S. The van der Waals surface area contributed by atoms with Crippen molar-refractivity contribution in [2.45, 2.75) is 51.0 Å². The molecule has 0 atom stereocenters. The maximum absolute atomic E-state index is 11.2. The molecule has 1 fully saturated rings. The van der Waals surface area contributed by atoms with Gasteiger partial charge in [-0.3, -0.25) is 4.79 Å². The van der Waals surface area contributed by atoms with E-state index in [4.69, 9.17) is 26.4 Å². The fraction of sp³-hybridized carbons (Fsp3) is 0.385. The first-order valence-electron chi connectivity index (χ1n) is 11.5. The van der Waals surface area contributed by atoms with Crippen molar-refractivity contribution in [1.29, 1.82) is 0 Å². The average molecular weight is 522 g/mol. The third-order valence-corrected chi connectivity index (χ3v) is 7.29. The Morgan fingerprint density at radius 1 is 1.12 bits per heavy atom. The number of rotatable bonds is 11. The maximum Gasteiger partial charge on any atom is 0.305 e. The van der Waals surface area contributed by atoms with E-state index in [1.807, 2.05) is 30.3 Å². The van der Waals surface area contributed by atoms with Crippen LogP contribution in [-0.4, -0.2) is 35.3 Å². The number of anilines is 1. The lowest BCUT2D eigenvalue weighted by Gasteiger charge is -2.27. The Hall–Kier alpha value is -2.28. The molecule has 0 amide bonds. The summed E-state index contributed by atoms with van der Waals surface area (Å²) in [6.07, 6.45) is 6.54. The molecule has 0 bridgehead atoms. The van der Waals surface area contributed by atoms with Gasteiger partial charge in [0, 0.05) is 18.2 Å². The molecule has 3 aromatic rings. The SMILES string of the molecule is Cl.O=C(O)CCN(c1nc(-c2ccc(OCCCc3ccccc3)cc2)c(Cl)s1)C1CCCC1. The zero-order valence-corrected chi connectivity index (χ0v) is 21.4. The molecule has 182 valence electrons. The number of thiazole rings is 1. The molecular weight excluding hydrogens is 491 g/mol. The minimum atomic E-state index is -0.791. The molecule has 0 saturated heterocycles. The second-order valence-electron chi connectivity index (χ2n) is 8.36. The molecule has 0 aliphatic heterocycles. The topological polar surface area (TPSA) is 62.7 Å². The van der Waals surface area contributed by atoms with E-state index in [-0.39, 0.29) is 18.8 Å². The number of aromatic nitrogens is 1. The number of carboxylic acids is 1. The Labute approximate surface area is 216 Å². The van der Waals surface area contributed by atoms with Gasteiger partial charge in [-0.15, -0.1) is 12.4 Å². The molecule has 1 aliphatic rings. The van der Waals surface area contributed by atoms with Crippen LogP contribution in [0.2, 0.25) is 4.34 Å². The second-order valence-corrected chi connectivity index (χ2v) is 9.94. The van der Waals surface area contributed by atoms with Crippen LogP contribution in [0.15, 0.2) is 54.6 Å². The summed E-state index contributed by atoms with van der Waals surface area (Å²) in [5.74, 6) is 0.0349. The van der Waals surface area contributed by atoms with Crippen LogP contribution in [0.4, 0.5) is 5.13 Å². The summed E-state index contributed by atoms with van der Waals surface area (Å²) < 4.78 is 6.52. The predicted molar refractivity (Wildman–Crippen MR) is 142 cm³/mol. The zero-order chi connectivity index (χ0) is 23.0. The Morgan fingerprint density at radius 3 is 2.50 bits per heavy atom. The minimum absolute atomic E-state index is 0. The van der Waals surface area contributed by atoms with Crippen LogP contribution in [0.3, 0.4) is 0 Å². The molecule has 1 aliphatic carbocycles. The number of nitrogens with zero attached hydrogens (tertiary/aromatic N) is 2. The zero-order valence-electron chi connectivity index (χ0n) is 19.0. The number of aryl methyl sites for hydroxylation is 1. The Balaban J connectivity index is 0.00000324. The summed E-state index contributed by atoms with van der Waals surface area (Å²) in [6.45, 7) is 1.12. The normalized spacial score (nSPS) is 13.4. The molecule has 1 N–H and O–H groups in total. The van der Waals surface area contributed by atoms with Crippen molar-refractivity contribution in [3.63, 3.8) is 0 Å². The highest BCUT2D eigenvalue weighted by molar-refractivity contribution is 7.20. The van der Waals surface area contributed by atoms with Crippen molar-refractivity contribution in [3.8, 4) is 17.0 Å². The van der Waals surface area contributed by atoms with E-state index in [0.717, 1.165) is 47.8 Å². The fourth-order valence-electron chi connectivity index (χ4n) is 4.28. The molecule has 0 radical (unpaired) electrons. The fourth-order valence-corrected chi connectivity index (χ4v) is 5.55. The summed E-state index contributed by atoms with van der Waals surface area (Å²) in [5, 5.41) is 9.98. The third-order valence-electron chi connectivity index (χ3n) is 6.00. The first kappa shape index (κ1) is 26.3. The maximum atomic E-state index is 11.2. The van der Waals surface area contributed by atoms with Crippen LogP contribution in [0, 0.1) is 0 Å². The molecule has 0 spiro atoms. The van der Waals surface area contributed by atoms with E-state index in [9.17, 15) is 4.79 Å². The summed E-state index contributed by atoms with van der Waals surface area (Å²) >= 11 is 8.01. The lowest BCUT2D eigenvalue weighted by atomic mass is 10.1. The molecule has 2 aromatic carbocycles. The van der Waals surface area contributed by atoms with E-state index in [2.05, 4.69) is 29.2 Å². The standard InChI is InChI=1S/C26H29ClN2O3S.ClH/c27-25-24(28-26(33-25)29(17-16-23(30)31)21-10-4-5-11-21)20-12-14-22(15-13-20)32-18-6-9-19-7-2-1-3-8-19;/h1-3,7-8,12-15,21H,4-6,9-11,16-18H2,(H,30,31);1H. The highest BCUT2D eigenvalue weighted by Crippen LogP contribution is 2.39. The highest BCUT2D eigenvalue weighted by atomic mass is 35.5. The number of carbonyl (C=O) groups is 1. The summed E-state index contributed by atoms with van der Waals surface area (Å²) in [4.78, 5) is 18.1. The molecule has 1 heterocycles. The van der Waals surface area contributed by atoms with Crippen LogP contribution in [0.5, 0.6) is 5.75 Å². The first-order valence-corrected chi connectivity index (χ1v) is 12.7. The number of hydrogen-bond acceptors (Lipinski definition) is 5. The number of ether oxygens (including phenoxy) is 1. The molecule has 5 nitrogen and oxygen atoms in total. The molecule has 1 saturated carbocycles. The van der Waals surface area contributed by atoms with E-state index < -0.39 is 5.97 Å².